The highest BCUT2D eigenvalue weighted by Crippen LogP contribution is 2.34. The fourth-order valence-corrected chi connectivity index (χ4v) is 3.28. The van der Waals surface area contributed by atoms with Crippen LogP contribution in [0.25, 0.3) is 0 Å². The van der Waals surface area contributed by atoms with Gasteiger partial charge in [0, 0.05) is 6.54 Å². The molecular formula is C13H15F2N4O6P. The first kappa shape index (κ1) is 18.8. The van der Waals surface area contributed by atoms with Crippen molar-refractivity contribution in [1.82, 2.24) is 19.4 Å². The maximum atomic E-state index is 13.2. The second-order valence-corrected chi connectivity index (χ2v) is 6.98. The van der Waals surface area contributed by atoms with E-state index in [1.54, 1.807) is 4.90 Å². The summed E-state index contributed by atoms with van der Waals surface area (Å²) in [7, 11) is -4.89. The zero-order valence-corrected chi connectivity index (χ0v) is 14.1. The number of aromatic amines is 1. The van der Waals surface area contributed by atoms with Gasteiger partial charge in [0.05, 0.1) is 19.2 Å². The molecule has 3 rings (SSSR count). The zero-order valence-electron chi connectivity index (χ0n) is 13.2. The summed E-state index contributed by atoms with van der Waals surface area (Å²) in [5.41, 5.74) is -0.580. The van der Waals surface area contributed by atoms with Gasteiger partial charge in [0.1, 0.15) is 11.6 Å². The lowest BCUT2D eigenvalue weighted by Crippen LogP contribution is -2.45. The van der Waals surface area contributed by atoms with Crippen molar-refractivity contribution in [2.45, 2.75) is 18.9 Å². The molecule has 3 N–H and O–H groups in total. The molecule has 2 heterocycles. The summed E-state index contributed by atoms with van der Waals surface area (Å²) in [6.45, 7) is 0.315. The number of benzene rings is 1. The van der Waals surface area contributed by atoms with Gasteiger partial charge in [-0.3, -0.25) is 9.88 Å². The topological polar surface area (TPSA) is 130 Å². The number of nitrogens with zero attached hydrogens (tertiary/aromatic N) is 3. The largest absolute Gasteiger partial charge is 0.454 e. The van der Waals surface area contributed by atoms with Crippen molar-refractivity contribution in [3.63, 3.8) is 0 Å². The number of ether oxygens (including phenoxy) is 1. The molecule has 1 fully saturated rings. The molecule has 0 spiro atoms. The van der Waals surface area contributed by atoms with E-state index in [2.05, 4.69) is 15.0 Å². The SMILES string of the molecule is O=c1[nH]c(CN2CCO[C@H](OF)[C@@H]2c2ccc(F)cc2)nn1P(=O)(O)O. The molecule has 1 saturated heterocycles. The number of morpholine rings is 1. The van der Waals surface area contributed by atoms with Crippen LogP contribution in [0.4, 0.5) is 8.92 Å². The number of hydrogen-bond acceptors (Lipinski definition) is 6. The minimum Gasteiger partial charge on any atom is -0.347 e. The molecule has 0 radical (unpaired) electrons. The molecule has 0 saturated carbocycles. The van der Waals surface area contributed by atoms with Crippen LogP contribution in [0.3, 0.4) is 0 Å². The Labute approximate surface area is 145 Å². The minimum atomic E-state index is -4.89. The van der Waals surface area contributed by atoms with E-state index in [9.17, 15) is 18.3 Å². The molecule has 13 heteroatoms. The fourth-order valence-electron chi connectivity index (χ4n) is 2.77. The highest BCUT2D eigenvalue weighted by Gasteiger charge is 2.36. The Hall–Kier alpha value is -1.95. The van der Waals surface area contributed by atoms with E-state index in [1.165, 1.54) is 24.3 Å². The summed E-state index contributed by atoms with van der Waals surface area (Å²) in [5, 5.41) is 3.58. The molecule has 1 aromatic carbocycles. The molecule has 1 aromatic heterocycles. The average molecular weight is 392 g/mol. The molecule has 2 atom stereocenters. The number of hydrogen-bond donors (Lipinski definition) is 3. The Morgan fingerprint density at radius 2 is 2.08 bits per heavy atom. The van der Waals surface area contributed by atoms with Gasteiger partial charge in [-0.1, -0.05) is 12.1 Å². The second-order valence-electron chi connectivity index (χ2n) is 5.57. The van der Waals surface area contributed by atoms with Gasteiger partial charge in [-0.2, -0.15) is 4.94 Å². The van der Waals surface area contributed by atoms with Gasteiger partial charge >= 0.3 is 13.4 Å². The second kappa shape index (κ2) is 7.35. The maximum absolute atomic E-state index is 13.2. The van der Waals surface area contributed by atoms with E-state index < -0.39 is 31.6 Å². The maximum Gasteiger partial charge on any atom is 0.454 e. The van der Waals surface area contributed by atoms with Crippen LogP contribution >= 0.6 is 7.75 Å². The molecule has 2 aromatic rings. The predicted octanol–water partition coefficient (Wildman–Crippen LogP) is 0.452. The van der Waals surface area contributed by atoms with Crippen LogP contribution in [0.15, 0.2) is 29.1 Å². The van der Waals surface area contributed by atoms with Gasteiger partial charge in [0.25, 0.3) is 0 Å². The Kier molecular flexibility index (Phi) is 5.32. The Morgan fingerprint density at radius 3 is 2.65 bits per heavy atom. The van der Waals surface area contributed by atoms with Crippen molar-refractivity contribution >= 4 is 7.75 Å². The quantitative estimate of drug-likeness (QED) is 0.626. The monoisotopic (exact) mass is 392 g/mol. The molecule has 26 heavy (non-hydrogen) atoms. The molecular weight excluding hydrogens is 377 g/mol. The molecule has 142 valence electrons. The average Bonchev–Trinajstić information content (AvgIpc) is 2.96. The highest BCUT2D eigenvalue weighted by atomic mass is 31.2. The van der Waals surface area contributed by atoms with E-state index in [0.29, 0.717) is 5.56 Å². The molecule has 0 bridgehead atoms. The summed E-state index contributed by atoms with van der Waals surface area (Å²) in [5.74, 6) is -0.510. The first-order valence-corrected chi connectivity index (χ1v) is 8.99. The van der Waals surface area contributed by atoms with Gasteiger partial charge in [-0.05, 0) is 22.2 Å². The van der Waals surface area contributed by atoms with Gasteiger partial charge in [0.15, 0.2) is 0 Å². The van der Waals surface area contributed by atoms with Crippen molar-refractivity contribution in [3.05, 3.63) is 52.0 Å². The van der Waals surface area contributed by atoms with E-state index >= 15 is 0 Å². The third-order valence-corrected chi connectivity index (χ3v) is 4.62. The molecule has 10 nitrogen and oxygen atoms in total. The summed E-state index contributed by atoms with van der Waals surface area (Å²) in [4.78, 5) is 37.5. The standard InChI is InChI=1S/C13H15F2N4O6P/c14-9-3-1-8(2-4-9)11-12(25-15)24-6-5-18(11)7-10-16-13(20)19(17-10)26(21,22)23/h1-4,11-12H,5-7H2,(H,16,17,20)(H2,21,22,23)/t11-,12+/m0/s1. The summed E-state index contributed by atoms with van der Waals surface area (Å²) in [6, 6.07) is 4.47. The fraction of sp³-hybridized carbons (Fsp3) is 0.385. The molecule has 0 unspecified atom stereocenters. The van der Waals surface area contributed by atoms with Crippen LogP contribution in [0, 0.1) is 5.82 Å². The van der Waals surface area contributed by atoms with Crippen molar-refractivity contribution in [3.8, 4) is 0 Å². The van der Waals surface area contributed by atoms with Crippen LogP contribution in [0.5, 0.6) is 0 Å². The molecule has 0 amide bonds. The van der Waals surface area contributed by atoms with E-state index in [0.717, 1.165) is 0 Å². The number of nitrogens with one attached hydrogen (secondary N) is 1. The number of rotatable bonds is 5. The van der Waals surface area contributed by atoms with E-state index in [-0.39, 0.29) is 30.0 Å². The van der Waals surface area contributed by atoms with Crippen LogP contribution in [0.2, 0.25) is 0 Å². The van der Waals surface area contributed by atoms with Gasteiger partial charge < -0.3 is 14.5 Å². The normalized spacial score (nSPS) is 21.8. The number of halogens is 2. The van der Waals surface area contributed by atoms with E-state index in [1.807, 2.05) is 0 Å². The van der Waals surface area contributed by atoms with Gasteiger partial charge in [0.2, 0.25) is 6.29 Å². The summed E-state index contributed by atoms with van der Waals surface area (Å²) >= 11 is 0. The number of H-pyrrole nitrogens is 1. The lowest BCUT2D eigenvalue weighted by Gasteiger charge is -2.38. The predicted molar refractivity (Wildman–Crippen MR) is 81.8 cm³/mol. The van der Waals surface area contributed by atoms with Crippen molar-refractivity contribution in [2.24, 2.45) is 0 Å². The third kappa shape index (κ3) is 3.90. The van der Waals surface area contributed by atoms with E-state index in [4.69, 9.17) is 14.5 Å². The zero-order chi connectivity index (χ0) is 18.9. The van der Waals surface area contributed by atoms with Crippen molar-refractivity contribution < 1.29 is 32.9 Å². The van der Waals surface area contributed by atoms with Crippen LogP contribution in [0.1, 0.15) is 17.4 Å². The van der Waals surface area contributed by atoms with Crippen LogP contribution in [-0.4, -0.2) is 48.7 Å². The van der Waals surface area contributed by atoms with Crippen LogP contribution < -0.4 is 5.69 Å². The number of aromatic nitrogens is 3. The Bertz CT molecular complexity index is 866. The first-order chi connectivity index (χ1) is 12.3. The van der Waals surface area contributed by atoms with Crippen molar-refractivity contribution in [1.29, 1.82) is 0 Å². The molecule has 0 aliphatic carbocycles. The van der Waals surface area contributed by atoms with Gasteiger partial charge in [-0.25, -0.2) is 13.8 Å². The summed E-state index contributed by atoms with van der Waals surface area (Å²) < 4.78 is 42.6. The third-order valence-electron chi connectivity index (χ3n) is 3.86. The molecule has 1 aliphatic heterocycles. The smallest absolute Gasteiger partial charge is 0.347 e. The van der Waals surface area contributed by atoms with Crippen molar-refractivity contribution in [2.75, 3.05) is 13.2 Å². The van der Waals surface area contributed by atoms with Crippen LogP contribution in [-0.2, 0) is 20.8 Å². The highest BCUT2D eigenvalue weighted by molar-refractivity contribution is 7.49. The lowest BCUT2D eigenvalue weighted by molar-refractivity contribution is -0.312. The van der Waals surface area contributed by atoms with Gasteiger partial charge in [-0.15, -0.1) is 9.55 Å². The summed E-state index contributed by atoms with van der Waals surface area (Å²) in [6.07, 6.45) is -1.30. The first-order valence-electron chi connectivity index (χ1n) is 7.42. The lowest BCUT2D eigenvalue weighted by atomic mass is 10.0. The Balaban J connectivity index is 1.90. The molecule has 1 aliphatic rings. The Morgan fingerprint density at radius 1 is 1.38 bits per heavy atom. The minimum absolute atomic E-state index is 0.0371.